The zero-order chi connectivity index (χ0) is 24.4. The molecule has 2 aromatic carbocycles. The van der Waals surface area contributed by atoms with Crippen LogP contribution in [0.3, 0.4) is 0 Å². The maximum atomic E-state index is 14.6. The highest BCUT2D eigenvalue weighted by Crippen LogP contribution is 2.20. The smallest absolute Gasteiger partial charge is 0.360 e. The Morgan fingerprint density at radius 1 is 1.06 bits per heavy atom. The van der Waals surface area contributed by atoms with Crippen LogP contribution in [0.2, 0.25) is 0 Å². The van der Waals surface area contributed by atoms with Gasteiger partial charge in [-0.3, -0.25) is 4.79 Å². The molecule has 0 saturated carbocycles. The van der Waals surface area contributed by atoms with Crippen LogP contribution in [0.25, 0.3) is 16.7 Å². The van der Waals surface area contributed by atoms with Crippen LogP contribution in [0.1, 0.15) is 26.4 Å². The number of aromatic nitrogens is 3. The van der Waals surface area contributed by atoms with E-state index in [-0.39, 0.29) is 28.8 Å². The molecule has 0 aliphatic rings. The average molecular weight is 465 g/mol. The van der Waals surface area contributed by atoms with E-state index in [9.17, 15) is 23.6 Å². The normalized spacial score (nSPS) is 10.7. The molecule has 12 heteroatoms. The number of fused-ring (bicyclic) bond motifs is 1. The van der Waals surface area contributed by atoms with Crippen molar-refractivity contribution in [3.8, 4) is 5.69 Å². The van der Waals surface area contributed by atoms with Crippen molar-refractivity contribution in [1.29, 1.82) is 0 Å². The molecule has 0 spiro atoms. The molecule has 34 heavy (non-hydrogen) atoms. The maximum absolute atomic E-state index is 14.6. The van der Waals surface area contributed by atoms with Crippen molar-refractivity contribution >= 4 is 34.7 Å². The van der Waals surface area contributed by atoms with Gasteiger partial charge in [0.15, 0.2) is 0 Å². The monoisotopic (exact) mass is 465 g/mol. The number of amides is 2. The molecule has 5 N–H and O–H groups in total. The number of aromatic amines is 1. The lowest BCUT2D eigenvalue weighted by Gasteiger charge is -2.08. The third-order valence-corrected chi connectivity index (χ3v) is 4.84. The highest BCUT2D eigenvalue weighted by molar-refractivity contribution is 5.91. The number of carbonyl (C=O) groups is 3. The Labute approximate surface area is 189 Å². The van der Waals surface area contributed by atoms with Crippen molar-refractivity contribution < 1.29 is 29.0 Å². The summed E-state index contributed by atoms with van der Waals surface area (Å²) < 4.78 is 16.1. The summed E-state index contributed by atoms with van der Waals surface area (Å²) in [6.45, 7) is 0.107. The Balaban J connectivity index is 1.47. The van der Waals surface area contributed by atoms with Crippen molar-refractivity contribution in [2.24, 2.45) is 0 Å². The van der Waals surface area contributed by atoms with Gasteiger partial charge >= 0.3 is 18.0 Å². The minimum absolute atomic E-state index is 0.0540. The van der Waals surface area contributed by atoms with Crippen molar-refractivity contribution in [3.63, 3.8) is 0 Å². The number of benzene rings is 2. The van der Waals surface area contributed by atoms with Gasteiger partial charge in [0.25, 0.3) is 5.56 Å². The largest absolute Gasteiger partial charge is 0.478 e. The fraction of sp³-hybridized carbons (Fsp3) is 0.0455. The van der Waals surface area contributed by atoms with Gasteiger partial charge in [0, 0.05) is 30.7 Å². The summed E-state index contributed by atoms with van der Waals surface area (Å²) in [7, 11) is 0. The van der Waals surface area contributed by atoms with Crippen molar-refractivity contribution in [3.05, 3.63) is 87.9 Å². The lowest BCUT2D eigenvalue weighted by atomic mass is 10.2. The molecule has 0 saturated heterocycles. The minimum atomic E-state index is -1.50. The molecule has 2 amide bonds. The van der Waals surface area contributed by atoms with Gasteiger partial charge in [-0.25, -0.2) is 23.8 Å². The predicted molar refractivity (Wildman–Crippen MR) is 118 cm³/mol. The number of carboxylic acid groups (broad SMARTS) is 2. The Hall–Kier alpha value is -5.00. The third kappa shape index (κ3) is 4.60. The van der Waals surface area contributed by atoms with Crippen LogP contribution < -0.4 is 16.2 Å². The SMILES string of the molecule is O=C(NCc1ccn(-c2cc3nc(C(=O)O)c(=O)[nH]c3cc2F)c1)Nc1ccc(C(=O)O)cc1. The highest BCUT2D eigenvalue weighted by atomic mass is 19.1. The quantitative estimate of drug-likeness (QED) is 0.292. The second-order valence-corrected chi connectivity index (χ2v) is 7.16. The number of anilines is 1. The molecule has 11 nitrogen and oxygen atoms in total. The number of H-pyrrole nitrogens is 1. The van der Waals surface area contributed by atoms with Gasteiger partial charge in [-0.15, -0.1) is 0 Å². The van der Waals surface area contributed by atoms with Crippen molar-refractivity contribution in [2.75, 3.05) is 5.32 Å². The Bertz CT molecular complexity index is 1490. The molecule has 172 valence electrons. The number of halogens is 1. The number of nitrogens with one attached hydrogen (secondary N) is 3. The molecule has 0 atom stereocenters. The molecule has 4 aromatic rings. The molecular formula is C22H16FN5O6. The number of hydrogen-bond donors (Lipinski definition) is 5. The summed E-state index contributed by atoms with van der Waals surface area (Å²) in [6.07, 6.45) is 3.11. The summed E-state index contributed by atoms with van der Waals surface area (Å²) in [4.78, 5) is 52.0. The third-order valence-electron chi connectivity index (χ3n) is 4.84. The van der Waals surface area contributed by atoms with Crippen LogP contribution in [0.15, 0.2) is 59.7 Å². The van der Waals surface area contributed by atoms with Gasteiger partial charge in [-0.05, 0) is 42.0 Å². The van der Waals surface area contributed by atoms with Crippen LogP contribution in [-0.4, -0.2) is 42.7 Å². The topological polar surface area (TPSA) is 166 Å². The number of urea groups is 1. The van der Waals surface area contributed by atoms with E-state index in [2.05, 4.69) is 20.6 Å². The van der Waals surface area contributed by atoms with E-state index in [1.165, 1.54) is 34.9 Å². The second kappa shape index (κ2) is 8.86. The van der Waals surface area contributed by atoms with E-state index < -0.39 is 35.0 Å². The van der Waals surface area contributed by atoms with E-state index in [0.717, 1.165) is 6.07 Å². The number of carbonyl (C=O) groups excluding carboxylic acids is 1. The Kier molecular flexibility index (Phi) is 5.79. The van der Waals surface area contributed by atoms with E-state index in [1.807, 2.05) is 0 Å². The zero-order valence-electron chi connectivity index (χ0n) is 17.2. The maximum Gasteiger partial charge on any atom is 0.360 e. The van der Waals surface area contributed by atoms with E-state index in [0.29, 0.717) is 11.3 Å². The number of rotatable bonds is 6. The molecule has 2 aromatic heterocycles. The molecule has 0 aliphatic carbocycles. The summed E-state index contributed by atoms with van der Waals surface area (Å²) in [5.74, 6) is -3.25. The van der Waals surface area contributed by atoms with Gasteiger partial charge in [0.2, 0.25) is 5.69 Å². The summed E-state index contributed by atoms with van der Waals surface area (Å²) in [5, 5.41) is 23.2. The van der Waals surface area contributed by atoms with Crippen LogP contribution in [0.5, 0.6) is 0 Å². The van der Waals surface area contributed by atoms with Gasteiger partial charge in [0.05, 0.1) is 22.3 Å². The minimum Gasteiger partial charge on any atom is -0.478 e. The fourth-order valence-corrected chi connectivity index (χ4v) is 3.19. The number of nitrogens with zero attached hydrogens (tertiary/aromatic N) is 2. The average Bonchev–Trinajstić information content (AvgIpc) is 3.26. The first-order chi connectivity index (χ1) is 16.2. The lowest BCUT2D eigenvalue weighted by Crippen LogP contribution is -2.28. The van der Waals surface area contributed by atoms with Crippen LogP contribution in [0, 0.1) is 5.82 Å². The first-order valence-electron chi connectivity index (χ1n) is 9.73. The number of hydrogen-bond acceptors (Lipinski definition) is 5. The Morgan fingerprint density at radius 2 is 1.79 bits per heavy atom. The van der Waals surface area contributed by atoms with Gasteiger partial charge in [-0.2, -0.15) is 0 Å². The molecule has 0 fully saturated rings. The van der Waals surface area contributed by atoms with Gasteiger partial charge < -0.3 is 30.4 Å². The standard InChI is InChI=1S/C22H16FN5O6/c23-14-7-15-16(26-18(21(32)33)19(29)27-15)8-17(14)28-6-5-11(10-28)9-24-22(34)25-13-3-1-12(2-4-13)20(30)31/h1-8,10H,9H2,(H,27,29)(H,30,31)(H,32,33)(H2,24,25,34). The second-order valence-electron chi connectivity index (χ2n) is 7.16. The van der Waals surface area contributed by atoms with Gasteiger partial charge in [0.1, 0.15) is 5.82 Å². The van der Waals surface area contributed by atoms with Crippen molar-refractivity contribution in [2.45, 2.75) is 6.54 Å². The molecular weight excluding hydrogens is 449 g/mol. The number of carboxylic acids is 2. The molecule has 4 rings (SSSR count). The van der Waals surface area contributed by atoms with E-state index >= 15 is 0 Å². The Morgan fingerprint density at radius 3 is 2.47 bits per heavy atom. The highest BCUT2D eigenvalue weighted by Gasteiger charge is 2.15. The summed E-state index contributed by atoms with van der Waals surface area (Å²) in [6, 6.07) is 9.11. The lowest BCUT2D eigenvalue weighted by molar-refractivity contribution is 0.0681. The predicted octanol–water partition coefficient (Wildman–Crippen LogP) is 2.57. The number of aromatic carboxylic acids is 2. The summed E-state index contributed by atoms with van der Waals surface area (Å²) >= 11 is 0. The first kappa shape index (κ1) is 22.2. The first-order valence-corrected chi connectivity index (χ1v) is 9.73. The zero-order valence-corrected chi connectivity index (χ0v) is 17.2. The van der Waals surface area contributed by atoms with E-state index in [1.54, 1.807) is 18.5 Å². The van der Waals surface area contributed by atoms with Crippen molar-refractivity contribution in [1.82, 2.24) is 19.9 Å². The van der Waals surface area contributed by atoms with Crippen LogP contribution >= 0.6 is 0 Å². The molecule has 0 unspecified atom stereocenters. The van der Waals surface area contributed by atoms with Gasteiger partial charge in [-0.1, -0.05) is 0 Å². The molecule has 2 heterocycles. The molecule has 0 aliphatic heterocycles. The van der Waals surface area contributed by atoms with Crippen LogP contribution in [0.4, 0.5) is 14.9 Å². The fourth-order valence-electron chi connectivity index (χ4n) is 3.19. The van der Waals surface area contributed by atoms with Crippen LogP contribution in [-0.2, 0) is 6.54 Å². The summed E-state index contributed by atoms with van der Waals surface area (Å²) in [5.41, 5.74) is -0.287. The molecule has 0 radical (unpaired) electrons. The molecule has 0 bridgehead atoms. The van der Waals surface area contributed by atoms with E-state index in [4.69, 9.17) is 10.2 Å².